The average Bonchev–Trinajstić information content (AvgIpc) is 2.87. The molecule has 0 aliphatic carbocycles. The van der Waals surface area contributed by atoms with E-state index in [1.807, 2.05) is 0 Å². The Morgan fingerprint density at radius 3 is 2.08 bits per heavy atom. The molecule has 0 N–H and O–H groups in total. The third kappa shape index (κ3) is 10.9. The van der Waals surface area contributed by atoms with Crippen LogP contribution in [0, 0.1) is 11.6 Å². The molecule has 0 amide bonds. The summed E-state index contributed by atoms with van der Waals surface area (Å²) < 4.78 is 35.5. The maximum atomic E-state index is 14.8. The van der Waals surface area contributed by atoms with Gasteiger partial charge in [-0.1, -0.05) is 104 Å². The molecule has 7 heteroatoms. The fourth-order valence-electron chi connectivity index (χ4n) is 4.15. The van der Waals surface area contributed by atoms with Gasteiger partial charge in [-0.15, -0.1) is 0 Å². The lowest BCUT2D eigenvalue weighted by molar-refractivity contribution is 0.285. The van der Waals surface area contributed by atoms with Crippen molar-refractivity contribution in [3.63, 3.8) is 0 Å². The molecule has 0 bridgehead atoms. The summed E-state index contributed by atoms with van der Waals surface area (Å²) in [6, 6.07) is 4.28. The molecule has 1 aromatic heterocycles. The van der Waals surface area contributed by atoms with Crippen molar-refractivity contribution in [3.8, 4) is 17.1 Å². The molecule has 0 saturated carbocycles. The number of nitrogens with zero attached hydrogens (tertiary/aromatic N) is 2. The number of aromatic nitrogens is 2. The number of ether oxygens (including phenoxy) is 1. The summed E-state index contributed by atoms with van der Waals surface area (Å²) in [4.78, 5) is 8.61. The van der Waals surface area contributed by atoms with Crippen molar-refractivity contribution in [1.29, 1.82) is 0 Å². The van der Waals surface area contributed by atoms with Crippen molar-refractivity contribution < 1.29 is 13.5 Å². The van der Waals surface area contributed by atoms with Gasteiger partial charge in [-0.2, -0.15) is 4.39 Å². The van der Waals surface area contributed by atoms with Crippen LogP contribution in [-0.2, 0) is 6.42 Å². The molecule has 0 spiro atoms. The highest BCUT2D eigenvalue weighted by atomic mass is 28.4. The summed E-state index contributed by atoms with van der Waals surface area (Å²) in [6.45, 7) is 14.8. The largest absolute Gasteiger partial charge is 0.490 e. The highest BCUT2D eigenvalue weighted by Gasteiger charge is 2.34. The normalized spacial score (nSPS) is 12.2. The first-order valence-electron chi connectivity index (χ1n) is 14.7. The van der Waals surface area contributed by atoms with Crippen LogP contribution >= 0.6 is 0 Å². The zero-order valence-electron chi connectivity index (χ0n) is 24.8. The van der Waals surface area contributed by atoms with Gasteiger partial charge in [0.25, 0.3) is 0 Å². The van der Waals surface area contributed by atoms with Crippen LogP contribution in [0.5, 0.6) is 5.75 Å². The zero-order valence-corrected chi connectivity index (χ0v) is 26.8. The third-order valence-electron chi connectivity index (χ3n) is 7.83. The van der Waals surface area contributed by atoms with Crippen LogP contribution in [0.3, 0.4) is 0 Å². The Kier molecular flexibility index (Phi) is 14.1. The minimum absolute atomic E-state index is 0.0415. The van der Waals surface area contributed by atoms with E-state index in [9.17, 15) is 8.78 Å². The van der Waals surface area contributed by atoms with Crippen LogP contribution in [0.25, 0.3) is 11.4 Å². The molecular weight excluding hydrogens is 511 g/mol. The Bertz CT molecular complexity index is 946. The van der Waals surface area contributed by atoms with Crippen LogP contribution in [0.2, 0.25) is 30.3 Å². The molecule has 2 radical (unpaired) electrons. The fraction of sp³-hybridized carbons (Fsp3) is 0.677. The number of hydrogen-bond acceptors (Lipinski definition) is 3. The molecule has 2 rings (SSSR count). The van der Waals surface area contributed by atoms with Crippen LogP contribution in [-0.4, -0.2) is 34.2 Å². The van der Waals surface area contributed by atoms with Gasteiger partial charge < -0.3 is 4.74 Å². The summed E-state index contributed by atoms with van der Waals surface area (Å²) in [5.41, 5.74) is 1.10. The fourth-order valence-corrected chi connectivity index (χ4v) is 7.70. The van der Waals surface area contributed by atoms with Crippen LogP contribution < -0.4 is 4.74 Å². The van der Waals surface area contributed by atoms with Gasteiger partial charge in [-0.05, 0) is 41.6 Å². The molecular formula is C31H50F2N2OSi2. The monoisotopic (exact) mass is 560 g/mol. The molecule has 0 fully saturated rings. The zero-order chi connectivity index (χ0) is 28.0. The summed E-state index contributed by atoms with van der Waals surface area (Å²) in [5.74, 6) is -1.75. The van der Waals surface area contributed by atoms with E-state index < -0.39 is 19.7 Å². The number of aryl methyl sites for hydroxylation is 1. The molecule has 3 nitrogen and oxygen atoms in total. The topological polar surface area (TPSA) is 35.0 Å². The molecule has 1 aromatic carbocycles. The average molecular weight is 561 g/mol. The first-order valence-corrected chi connectivity index (χ1v) is 19.4. The third-order valence-corrected chi connectivity index (χ3v) is 15.9. The molecule has 38 heavy (non-hydrogen) atoms. The van der Waals surface area contributed by atoms with Crippen molar-refractivity contribution >= 4 is 17.6 Å². The van der Waals surface area contributed by atoms with Gasteiger partial charge in [0, 0.05) is 30.0 Å². The van der Waals surface area contributed by atoms with E-state index in [0.717, 1.165) is 47.2 Å². The Morgan fingerprint density at radius 1 is 0.816 bits per heavy atom. The van der Waals surface area contributed by atoms with E-state index in [0.29, 0.717) is 11.3 Å². The van der Waals surface area contributed by atoms with Crippen molar-refractivity contribution in [2.24, 2.45) is 0 Å². The minimum Gasteiger partial charge on any atom is -0.490 e. The number of unbranched alkanes of at least 4 members (excludes halogenated alkanes) is 9. The van der Waals surface area contributed by atoms with Gasteiger partial charge >= 0.3 is 0 Å². The Morgan fingerprint density at radius 2 is 1.42 bits per heavy atom. The van der Waals surface area contributed by atoms with Gasteiger partial charge in [0.1, 0.15) is 0 Å². The Labute approximate surface area is 234 Å². The van der Waals surface area contributed by atoms with Crippen molar-refractivity contribution in [3.05, 3.63) is 41.7 Å². The molecule has 1 heterocycles. The summed E-state index contributed by atoms with van der Waals surface area (Å²) in [6.07, 6.45) is 17.4. The second-order valence-electron chi connectivity index (χ2n) is 12.1. The van der Waals surface area contributed by atoms with Crippen molar-refractivity contribution in [2.75, 3.05) is 6.61 Å². The van der Waals surface area contributed by atoms with Gasteiger partial charge in [-0.25, -0.2) is 14.4 Å². The highest BCUT2D eigenvalue weighted by Crippen LogP contribution is 2.36. The number of benzene rings is 1. The maximum absolute atomic E-state index is 14.8. The molecule has 0 unspecified atom stereocenters. The lowest BCUT2D eigenvalue weighted by atomic mass is 10.1. The molecule has 0 aliphatic rings. The van der Waals surface area contributed by atoms with E-state index in [1.165, 1.54) is 63.1 Å². The van der Waals surface area contributed by atoms with Crippen LogP contribution in [0.4, 0.5) is 8.78 Å². The Balaban J connectivity index is 1.72. The number of halogens is 2. The van der Waals surface area contributed by atoms with E-state index in [2.05, 4.69) is 50.4 Å². The van der Waals surface area contributed by atoms with Crippen LogP contribution in [0.15, 0.2) is 24.5 Å². The molecule has 0 saturated heterocycles. The quantitative estimate of drug-likeness (QED) is 0.127. The molecule has 0 aliphatic heterocycles. The van der Waals surface area contributed by atoms with Gasteiger partial charge in [0.05, 0.1) is 12.2 Å². The minimum atomic E-state index is -1.13. The second-order valence-corrected chi connectivity index (χ2v) is 20.4. The molecule has 0 atom stereocenters. The maximum Gasteiger partial charge on any atom is 0.201 e. The summed E-state index contributed by atoms with van der Waals surface area (Å²) >= 11 is 0. The van der Waals surface area contributed by atoms with Crippen LogP contribution in [0.1, 0.15) is 97.0 Å². The summed E-state index contributed by atoms with van der Waals surface area (Å²) in [5, 5.41) is 0. The number of rotatable bonds is 19. The predicted octanol–water partition coefficient (Wildman–Crippen LogP) is 9.85. The van der Waals surface area contributed by atoms with E-state index in [4.69, 9.17) is 4.74 Å². The van der Waals surface area contributed by atoms with E-state index in [-0.39, 0.29) is 17.1 Å². The van der Waals surface area contributed by atoms with E-state index >= 15 is 0 Å². The first kappa shape index (κ1) is 32.6. The predicted molar refractivity (Wildman–Crippen MR) is 161 cm³/mol. The lowest BCUT2D eigenvalue weighted by Gasteiger charge is -2.37. The SMILES string of the molecule is CCCCCCCCCc1cnc(-c2ccc(OCCCCCC[Si]C(C)(C)[Si](C)(C)C)c(F)c2F)nc1. The molecule has 212 valence electrons. The van der Waals surface area contributed by atoms with Gasteiger partial charge in [0.15, 0.2) is 17.4 Å². The second kappa shape index (κ2) is 16.5. The standard InChI is InChI=1S/C31H50F2N2OSi2/c1-7-8-9-10-11-12-15-18-25-23-34-30(35-24-25)26-19-20-27(29(33)28(26)32)36-21-16-13-14-17-22-37-31(2,3)38(4,5)6/h19-20,23-24H,7-18,21-22H2,1-6H3. The first-order chi connectivity index (χ1) is 18.1. The van der Waals surface area contributed by atoms with Crippen molar-refractivity contribution in [1.82, 2.24) is 9.97 Å². The van der Waals surface area contributed by atoms with E-state index in [1.54, 1.807) is 12.4 Å². The smallest absolute Gasteiger partial charge is 0.201 e. The lowest BCUT2D eigenvalue weighted by Crippen LogP contribution is -2.39. The highest BCUT2D eigenvalue weighted by molar-refractivity contribution is 6.87. The summed E-state index contributed by atoms with van der Waals surface area (Å²) in [7, 11) is -0.124. The number of hydrogen-bond donors (Lipinski definition) is 0. The van der Waals surface area contributed by atoms with Crippen molar-refractivity contribution in [2.45, 2.75) is 128 Å². The van der Waals surface area contributed by atoms with Gasteiger partial charge in [0.2, 0.25) is 5.82 Å². The molecule has 2 aromatic rings. The Hall–Kier alpha value is -1.61. The van der Waals surface area contributed by atoms with Gasteiger partial charge in [-0.3, -0.25) is 0 Å².